The first kappa shape index (κ1) is 19.8. The van der Waals surface area contributed by atoms with Crippen molar-refractivity contribution in [1.29, 1.82) is 0 Å². The van der Waals surface area contributed by atoms with Gasteiger partial charge in [0.25, 0.3) is 0 Å². The van der Waals surface area contributed by atoms with Crippen molar-refractivity contribution in [2.24, 2.45) is 11.3 Å². The molecule has 1 aromatic carbocycles. The van der Waals surface area contributed by atoms with Gasteiger partial charge in [0.15, 0.2) is 0 Å². The SMILES string of the molecule is O=C(NCc1ccco1)C1CC12CCN(Cc1ccc(Oc3ncccn3)cc1)CC2. The van der Waals surface area contributed by atoms with Crippen LogP contribution in [0.2, 0.25) is 0 Å². The van der Waals surface area contributed by atoms with Crippen LogP contribution in [0.25, 0.3) is 0 Å². The van der Waals surface area contributed by atoms with Crippen LogP contribution in [-0.4, -0.2) is 33.9 Å². The predicted octanol–water partition coefficient (Wildman–Crippen LogP) is 3.78. The molecule has 1 saturated heterocycles. The molecule has 1 atom stereocenters. The van der Waals surface area contributed by atoms with E-state index in [4.69, 9.17) is 9.15 Å². The Bertz CT molecular complexity index is 997. The van der Waals surface area contributed by atoms with E-state index in [9.17, 15) is 4.79 Å². The van der Waals surface area contributed by atoms with Crippen LogP contribution in [0, 0.1) is 11.3 Å². The number of aromatic nitrogens is 2. The van der Waals surface area contributed by atoms with E-state index in [-0.39, 0.29) is 17.2 Å². The second kappa shape index (κ2) is 8.51. The number of hydrogen-bond acceptors (Lipinski definition) is 6. The summed E-state index contributed by atoms with van der Waals surface area (Å²) in [5.41, 5.74) is 1.46. The number of rotatable bonds is 7. The highest BCUT2D eigenvalue weighted by Gasteiger charge is 2.58. The fourth-order valence-corrected chi connectivity index (χ4v) is 4.50. The van der Waals surface area contributed by atoms with Gasteiger partial charge >= 0.3 is 6.01 Å². The van der Waals surface area contributed by atoms with Gasteiger partial charge in [-0.3, -0.25) is 9.69 Å². The number of benzene rings is 1. The summed E-state index contributed by atoms with van der Waals surface area (Å²) in [6, 6.07) is 13.9. The van der Waals surface area contributed by atoms with Gasteiger partial charge in [-0.25, -0.2) is 9.97 Å². The Morgan fingerprint density at radius 2 is 1.90 bits per heavy atom. The zero-order chi connectivity index (χ0) is 21.1. The fraction of sp³-hybridized carbons (Fsp3) is 0.375. The van der Waals surface area contributed by atoms with Crippen LogP contribution in [0.3, 0.4) is 0 Å². The molecule has 160 valence electrons. The van der Waals surface area contributed by atoms with Crippen LogP contribution in [0.5, 0.6) is 11.8 Å². The van der Waals surface area contributed by atoms with Gasteiger partial charge in [-0.1, -0.05) is 12.1 Å². The fourth-order valence-electron chi connectivity index (χ4n) is 4.50. The van der Waals surface area contributed by atoms with Crippen molar-refractivity contribution in [2.45, 2.75) is 32.4 Å². The first-order valence-corrected chi connectivity index (χ1v) is 10.8. The zero-order valence-corrected chi connectivity index (χ0v) is 17.4. The molecule has 1 saturated carbocycles. The topological polar surface area (TPSA) is 80.5 Å². The lowest BCUT2D eigenvalue weighted by molar-refractivity contribution is -0.123. The first-order valence-electron chi connectivity index (χ1n) is 10.8. The van der Waals surface area contributed by atoms with Gasteiger partial charge < -0.3 is 14.5 Å². The molecular formula is C24H26N4O3. The highest BCUT2D eigenvalue weighted by Crippen LogP contribution is 2.59. The van der Waals surface area contributed by atoms with Crippen molar-refractivity contribution in [3.63, 3.8) is 0 Å². The van der Waals surface area contributed by atoms with Crippen molar-refractivity contribution in [2.75, 3.05) is 13.1 Å². The van der Waals surface area contributed by atoms with Crippen LogP contribution in [-0.2, 0) is 17.9 Å². The van der Waals surface area contributed by atoms with Crippen LogP contribution in [0.15, 0.2) is 65.5 Å². The number of hydrogen-bond donors (Lipinski definition) is 1. The van der Waals surface area contributed by atoms with Gasteiger partial charge in [0.05, 0.1) is 12.8 Å². The lowest BCUT2D eigenvalue weighted by atomic mass is 9.90. The number of nitrogens with zero attached hydrogens (tertiary/aromatic N) is 3. The minimum atomic E-state index is 0.154. The summed E-state index contributed by atoms with van der Waals surface area (Å²) in [4.78, 5) is 23.1. The van der Waals surface area contributed by atoms with Gasteiger partial charge in [0, 0.05) is 24.9 Å². The van der Waals surface area contributed by atoms with Crippen LogP contribution < -0.4 is 10.1 Å². The number of nitrogens with one attached hydrogen (secondary N) is 1. The number of ether oxygens (including phenoxy) is 1. The maximum atomic E-state index is 12.5. The monoisotopic (exact) mass is 418 g/mol. The molecule has 1 aliphatic carbocycles. The molecule has 7 nitrogen and oxygen atoms in total. The Morgan fingerprint density at radius 1 is 1.13 bits per heavy atom. The molecule has 0 radical (unpaired) electrons. The van der Waals surface area contributed by atoms with E-state index in [1.54, 1.807) is 24.7 Å². The van der Waals surface area contributed by atoms with Gasteiger partial charge in [-0.15, -0.1) is 0 Å². The standard InChI is InChI=1S/C24H26N4O3/c29-22(27-16-20-3-1-14-30-20)21-15-24(21)8-12-28(13-9-24)17-18-4-6-19(7-5-18)31-23-25-10-2-11-26-23/h1-7,10-11,14,21H,8-9,12-13,15-17H2,(H,27,29). The van der Waals surface area contributed by atoms with Crippen LogP contribution in [0.4, 0.5) is 0 Å². The van der Waals surface area contributed by atoms with E-state index >= 15 is 0 Å². The minimum absolute atomic E-state index is 0.154. The zero-order valence-electron chi connectivity index (χ0n) is 17.4. The van der Waals surface area contributed by atoms with Crippen molar-refractivity contribution < 1.29 is 13.9 Å². The van der Waals surface area contributed by atoms with Crippen molar-refractivity contribution in [3.05, 3.63) is 72.4 Å². The van der Waals surface area contributed by atoms with Gasteiger partial charge in [0.2, 0.25) is 5.91 Å². The van der Waals surface area contributed by atoms with E-state index in [0.717, 1.165) is 50.4 Å². The average molecular weight is 418 g/mol. The molecule has 7 heteroatoms. The number of carbonyl (C=O) groups excluding carboxylic acids is 1. The lowest BCUT2D eigenvalue weighted by Gasteiger charge is -2.32. The Morgan fingerprint density at radius 3 is 2.61 bits per heavy atom. The average Bonchev–Trinajstić information content (AvgIpc) is 3.24. The van der Waals surface area contributed by atoms with Crippen molar-refractivity contribution in [3.8, 4) is 11.8 Å². The number of furan rings is 1. The molecule has 2 aromatic heterocycles. The Balaban J connectivity index is 1.08. The second-order valence-corrected chi connectivity index (χ2v) is 8.47. The largest absolute Gasteiger partial charge is 0.467 e. The van der Waals surface area contributed by atoms with E-state index in [2.05, 4.69) is 32.3 Å². The summed E-state index contributed by atoms with van der Waals surface area (Å²) in [6.45, 7) is 3.43. The third-order valence-corrected chi connectivity index (χ3v) is 6.46. The van der Waals surface area contributed by atoms with Crippen molar-refractivity contribution in [1.82, 2.24) is 20.2 Å². The molecule has 3 heterocycles. The summed E-state index contributed by atoms with van der Waals surface area (Å²) in [5, 5.41) is 3.03. The molecule has 3 aromatic rings. The molecule has 1 amide bonds. The molecule has 31 heavy (non-hydrogen) atoms. The molecule has 2 fully saturated rings. The Labute approximate surface area is 181 Å². The maximum Gasteiger partial charge on any atom is 0.321 e. The van der Waals surface area contributed by atoms with Gasteiger partial charge in [-0.2, -0.15) is 0 Å². The van der Waals surface area contributed by atoms with E-state index < -0.39 is 0 Å². The highest BCUT2D eigenvalue weighted by molar-refractivity contribution is 5.82. The molecule has 1 aliphatic heterocycles. The number of amides is 1. The summed E-state index contributed by atoms with van der Waals surface area (Å²) < 4.78 is 11.0. The molecule has 1 N–H and O–H groups in total. The Hall–Kier alpha value is -3.19. The minimum Gasteiger partial charge on any atom is -0.467 e. The summed E-state index contributed by atoms with van der Waals surface area (Å²) in [7, 11) is 0. The van der Waals surface area contributed by atoms with Crippen LogP contribution in [0.1, 0.15) is 30.6 Å². The lowest BCUT2D eigenvalue weighted by Crippen LogP contribution is -2.36. The third-order valence-electron chi connectivity index (χ3n) is 6.46. The molecular weight excluding hydrogens is 392 g/mol. The van der Waals surface area contributed by atoms with E-state index in [1.165, 1.54) is 5.56 Å². The normalized spacial score (nSPS) is 19.8. The van der Waals surface area contributed by atoms with Crippen LogP contribution >= 0.6 is 0 Å². The molecule has 0 bridgehead atoms. The summed E-state index contributed by atoms with van der Waals surface area (Å²) in [6.07, 6.45) is 8.13. The Kier molecular flexibility index (Phi) is 5.42. The summed E-state index contributed by atoms with van der Waals surface area (Å²) >= 11 is 0. The molecule has 2 aliphatic rings. The first-order chi connectivity index (χ1) is 15.2. The number of piperidine rings is 1. The second-order valence-electron chi connectivity index (χ2n) is 8.47. The summed E-state index contributed by atoms with van der Waals surface area (Å²) in [5.74, 6) is 1.85. The van der Waals surface area contributed by atoms with E-state index in [0.29, 0.717) is 12.6 Å². The van der Waals surface area contributed by atoms with Gasteiger partial charge in [0.1, 0.15) is 11.5 Å². The predicted molar refractivity (Wildman–Crippen MR) is 114 cm³/mol. The van der Waals surface area contributed by atoms with Crippen molar-refractivity contribution >= 4 is 5.91 Å². The maximum absolute atomic E-state index is 12.5. The van der Waals surface area contributed by atoms with E-state index in [1.807, 2.05) is 24.3 Å². The number of likely N-dealkylation sites (tertiary alicyclic amines) is 1. The quantitative estimate of drug-likeness (QED) is 0.629. The molecule has 1 spiro atoms. The molecule has 1 unspecified atom stereocenters. The highest BCUT2D eigenvalue weighted by atomic mass is 16.5. The number of carbonyl (C=O) groups is 1. The molecule has 5 rings (SSSR count). The third kappa shape index (κ3) is 4.61. The smallest absolute Gasteiger partial charge is 0.321 e. The van der Waals surface area contributed by atoms with Gasteiger partial charge in [-0.05, 0) is 73.7 Å².